The first-order valence-electron chi connectivity index (χ1n) is 10.3. The highest BCUT2D eigenvalue weighted by Gasteiger charge is 2.27. The highest BCUT2D eigenvalue weighted by molar-refractivity contribution is 5.67. The van der Waals surface area contributed by atoms with Crippen LogP contribution < -0.4 is 0 Å². The Bertz CT molecular complexity index is 423. The van der Waals surface area contributed by atoms with Crippen molar-refractivity contribution in [2.75, 3.05) is 73.1 Å². The summed E-state index contributed by atoms with van der Waals surface area (Å²) in [6, 6.07) is 0. The van der Waals surface area contributed by atoms with E-state index in [1.165, 1.54) is 4.90 Å². The van der Waals surface area contributed by atoms with Crippen LogP contribution >= 0.6 is 0 Å². The van der Waals surface area contributed by atoms with Crippen LogP contribution in [0.1, 0.15) is 33.6 Å². The van der Waals surface area contributed by atoms with Crippen LogP contribution in [0.15, 0.2) is 0 Å². The highest BCUT2D eigenvalue weighted by Crippen LogP contribution is 2.22. The van der Waals surface area contributed by atoms with E-state index in [1.54, 1.807) is 7.05 Å². The van der Waals surface area contributed by atoms with Crippen LogP contribution in [0, 0.1) is 0 Å². The summed E-state index contributed by atoms with van der Waals surface area (Å²) in [7, 11) is 1.68. The van der Waals surface area contributed by atoms with Gasteiger partial charge in [0.1, 0.15) is 5.60 Å². The van der Waals surface area contributed by atoms with Crippen LogP contribution in [0.3, 0.4) is 0 Å². The zero-order chi connectivity index (χ0) is 21.5. The number of ether oxygens (including phenoxy) is 6. The molecule has 0 radical (unpaired) electrons. The van der Waals surface area contributed by atoms with Gasteiger partial charge >= 0.3 is 6.09 Å². The molecule has 1 saturated carbocycles. The van der Waals surface area contributed by atoms with Crippen LogP contribution in [0.25, 0.3) is 0 Å². The third-order valence-corrected chi connectivity index (χ3v) is 4.04. The Morgan fingerprint density at radius 2 is 1.31 bits per heavy atom. The minimum atomic E-state index is -0.497. The molecule has 1 fully saturated rings. The predicted molar refractivity (Wildman–Crippen MR) is 107 cm³/mol. The molecule has 172 valence electrons. The van der Waals surface area contributed by atoms with Gasteiger partial charge < -0.3 is 38.4 Å². The van der Waals surface area contributed by atoms with Crippen LogP contribution in [-0.4, -0.2) is 107 Å². The second-order valence-electron chi connectivity index (χ2n) is 7.97. The van der Waals surface area contributed by atoms with E-state index in [0.29, 0.717) is 66.0 Å². The van der Waals surface area contributed by atoms with Crippen LogP contribution in [0.5, 0.6) is 0 Å². The average molecular weight is 422 g/mol. The molecular weight excluding hydrogens is 382 g/mol. The zero-order valence-electron chi connectivity index (χ0n) is 18.4. The normalized spacial score (nSPS) is 19.1. The maximum absolute atomic E-state index is 11.8. The number of hydrogen-bond donors (Lipinski definition) is 1. The molecule has 0 atom stereocenters. The van der Waals surface area contributed by atoms with Gasteiger partial charge in [-0.25, -0.2) is 4.79 Å². The standard InChI is InChI=1S/C20H39NO8/c1-20(2,3)29-19(23)21(4)5-6-24-7-8-25-9-10-26-11-12-27-13-14-28-18-15-17(22)16-18/h17-18,22H,5-16H2,1-4H3. The van der Waals surface area contributed by atoms with E-state index >= 15 is 0 Å². The lowest BCUT2D eigenvalue weighted by atomic mass is 9.92. The topological polar surface area (TPSA) is 95.9 Å². The first-order valence-corrected chi connectivity index (χ1v) is 10.3. The summed E-state index contributed by atoms with van der Waals surface area (Å²) in [6.07, 6.45) is 1.12. The van der Waals surface area contributed by atoms with Gasteiger partial charge in [-0.1, -0.05) is 0 Å². The number of aliphatic hydroxyl groups is 1. The maximum atomic E-state index is 11.8. The van der Waals surface area contributed by atoms with Crippen LogP contribution in [0.2, 0.25) is 0 Å². The molecule has 1 aliphatic rings. The molecule has 0 aromatic rings. The SMILES string of the molecule is CN(CCOCCOCCOCCOCCOC1CC(O)C1)C(=O)OC(C)(C)C. The van der Waals surface area contributed by atoms with E-state index in [9.17, 15) is 4.79 Å². The Labute approximate surface area is 174 Å². The number of carbonyl (C=O) groups is 1. The number of rotatable bonds is 16. The number of likely N-dealkylation sites (N-methyl/N-ethyl adjacent to an activating group) is 1. The van der Waals surface area contributed by atoms with E-state index in [0.717, 1.165) is 12.8 Å². The van der Waals surface area contributed by atoms with Crippen molar-refractivity contribution in [2.24, 2.45) is 0 Å². The van der Waals surface area contributed by atoms with Gasteiger partial charge in [-0.3, -0.25) is 0 Å². The molecule has 0 bridgehead atoms. The lowest BCUT2D eigenvalue weighted by Crippen LogP contribution is -2.36. The number of hydrogen-bond acceptors (Lipinski definition) is 8. The average Bonchev–Trinajstić information content (AvgIpc) is 2.61. The molecule has 9 nitrogen and oxygen atoms in total. The first kappa shape index (κ1) is 26.1. The number of amides is 1. The molecular formula is C20H39NO8. The molecule has 1 aliphatic carbocycles. The van der Waals surface area contributed by atoms with Crippen molar-refractivity contribution < 1.29 is 38.3 Å². The van der Waals surface area contributed by atoms with Crippen LogP contribution in [-0.2, 0) is 28.4 Å². The molecule has 0 spiro atoms. The van der Waals surface area contributed by atoms with E-state index in [-0.39, 0.29) is 18.3 Å². The Kier molecular flexibility index (Phi) is 13.4. The predicted octanol–water partition coefficient (Wildman–Crippen LogP) is 1.46. The van der Waals surface area contributed by atoms with E-state index in [2.05, 4.69) is 0 Å². The fraction of sp³-hybridized carbons (Fsp3) is 0.950. The lowest BCUT2D eigenvalue weighted by Gasteiger charge is -2.31. The summed E-state index contributed by atoms with van der Waals surface area (Å²) in [6.45, 7) is 10.4. The fourth-order valence-corrected chi connectivity index (χ4v) is 2.34. The van der Waals surface area contributed by atoms with E-state index in [1.807, 2.05) is 20.8 Å². The Morgan fingerprint density at radius 3 is 1.76 bits per heavy atom. The summed E-state index contributed by atoms with van der Waals surface area (Å²) in [5, 5.41) is 9.14. The molecule has 0 aromatic carbocycles. The summed E-state index contributed by atoms with van der Waals surface area (Å²) >= 11 is 0. The van der Waals surface area contributed by atoms with Gasteiger partial charge in [0.15, 0.2) is 0 Å². The second-order valence-corrected chi connectivity index (χ2v) is 7.97. The van der Waals surface area contributed by atoms with Crippen molar-refractivity contribution in [1.82, 2.24) is 4.90 Å². The summed E-state index contributed by atoms with van der Waals surface area (Å²) < 4.78 is 32.4. The molecule has 1 amide bonds. The van der Waals surface area contributed by atoms with E-state index in [4.69, 9.17) is 33.5 Å². The number of carbonyl (C=O) groups excluding carboxylic acids is 1. The molecule has 0 aliphatic heterocycles. The van der Waals surface area contributed by atoms with Gasteiger partial charge in [-0.15, -0.1) is 0 Å². The van der Waals surface area contributed by atoms with Crippen molar-refractivity contribution in [3.63, 3.8) is 0 Å². The highest BCUT2D eigenvalue weighted by atomic mass is 16.6. The monoisotopic (exact) mass is 421 g/mol. The van der Waals surface area contributed by atoms with Gasteiger partial charge in [0.2, 0.25) is 0 Å². The minimum absolute atomic E-state index is 0.186. The van der Waals surface area contributed by atoms with Crippen molar-refractivity contribution in [1.29, 1.82) is 0 Å². The largest absolute Gasteiger partial charge is 0.444 e. The van der Waals surface area contributed by atoms with E-state index < -0.39 is 5.60 Å². The second kappa shape index (κ2) is 14.9. The number of aliphatic hydroxyl groups excluding tert-OH is 1. The lowest BCUT2D eigenvalue weighted by molar-refractivity contribution is -0.0864. The maximum Gasteiger partial charge on any atom is 0.410 e. The molecule has 0 aromatic heterocycles. The quantitative estimate of drug-likeness (QED) is 0.374. The molecule has 0 heterocycles. The third-order valence-electron chi connectivity index (χ3n) is 4.04. The van der Waals surface area contributed by atoms with Crippen LogP contribution in [0.4, 0.5) is 4.79 Å². The Balaban J connectivity index is 1.75. The van der Waals surface area contributed by atoms with Gasteiger partial charge in [-0.2, -0.15) is 0 Å². The van der Waals surface area contributed by atoms with Gasteiger partial charge in [-0.05, 0) is 33.6 Å². The first-order chi connectivity index (χ1) is 13.8. The van der Waals surface area contributed by atoms with Gasteiger partial charge in [0, 0.05) is 13.6 Å². The summed E-state index contributed by atoms with van der Waals surface area (Å²) in [4.78, 5) is 13.3. The van der Waals surface area contributed by atoms with Gasteiger partial charge in [0.25, 0.3) is 0 Å². The minimum Gasteiger partial charge on any atom is -0.444 e. The fourth-order valence-electron chi connectivity index (χ4n) is 2.34. The summed E-state index contributed by atoms with van der Waals surface area (Å²) in [5.41, 5.74) is -0.497. The molecule has 1 rings (SSSR count). The smallest absolute Gasteiger partial charge is 0.410 e. The van der Waals surface area contributed by atoms with Crippen molar-refractivity contribution in [3.8, 4) is 0 Å². The van der Waals surface area contributed by atoms with Crippen molar-refractivity contribution in [2.45, 2.75) is 51.4 Å². The van der Waals surface area contributed by atoms with Crippen molar-refractivity contribution in [3.05, 3.63) is 0 Å². The molecule has 0 saturated heterocycles. The Morgan fingerprint density at radius 1 is 0.862 bits per heavy atom. The van der Waals surface area contributed by atoms with Gasteiger partial charge in [0.05, 0.1) is 71.7 Å². The molecule has 9 heteroatoms. The number of nitrogens with zero attached hydrogens (tertiary/aromatic N) is 1. The zero-order valence-corrected chi connectivity index (χ0v) is 18.4. The molecule has 0 unspecified atom stereocenters. The Hall–Kier alpha value is -0.970. The summed E-state index contributed by atoms with van der Waals surface area (Å²) in [5.74, 6) is 0. The third kappa shape index (κ3) is 14.6. The van der Waals surface area contributed by atoms with Crippen molar-refractivity contribution >= 4 is 6.09 Å². The molecule has 1 N–H and O–H groups in total. The molecule has 29 heavy (non-hydrogen) atoms.